The van der Waals surface area contributed by atoms with Gasteiger partial charge in [0.25, 0.3) is 0 Å². The average molecular weight is 358 g/mol. The van der Waals surface area contributed by atoms with Crippen molar-refractivity contribution in [3.63, 3.8) is 0 Å². The van der Waals surface area contributed by atoms with Gasteiger partial charge >= 0.3 is 6.18 Å². The van der Waals surface area contributed by atoms with Crippen molar-refractivity contribution in [2.75, 3.05) is 13.1 Å². The zero-order valence-electron chi connectivity index (χ0n) is 10.4. The van der Waals surface area contributed by atoms with Gasteiger partial charge in [-0.3, -0.25) is 0 Å². The van der Waals surface area contributed by atoms with Crippen molar-refractivity contribution in [3.05, 3.63) is 20.8 Å². The Bertz CT molecular complexity index is 418. The van der Waals surface area contributed by atoms with Gasteiger partial charge in [0.15, 0.2) is 5.96 Å². The third-order valence-corrected chi connectivity index (χ3v) is 3.68. The van der Waals surface area contributed by atoms with E-state index in [1.54, 1.807) is 11.3 Å². The van der Waals surface area contributed by atoms with Crippen LogP contribution < -0.4 is 10.6 Å². The number of halogens is 4. The largest absolute Gasteiger partial charge is 0.390 e. The lowest BCUT2D eigenvalue weighted by Crippen LogP contribution is -2.38. The molecule has 3 nitrogen and oxygen atoms in total. The molecular weight excluding hydrogens is 343 g/mol. The maximum Gasteiger partial charge on any atom is 0.390 e. The molecule has 0 spiro atoms. The third kappa shape index (κ3) is 7.41. The topological polar surface area (TPSA) is 36.4 Å². The molecule has 0 aliphatic rings. The van der Waals surface area contributed by atoms with Crippen LogP contribution in [0.2, 0.25) is 0 Å². The first kappa shape index (κ1) is 16.3. The molecule has 8 heteroatoms. The van der Waals surface area contributed by atoms with Crippen molar-refractivity contribution < 1.29 is 13.2 Å². The molecule has 108 valence electrons. The van der Waals surface area contributed by atoms with E-state index in [9.17, 15) is 13.2 Å². The number of hydrogen-bond donors (Lipinski definition) is 2. The summed E-state index contributed by atoms with van der Waals surface area (Å²) in [5.41, 5.74) is 0. The lowest BCUT2D eigenvalue weighted by Gasteiger charge is -2.12. The SMILES string of the molecule is CCNC(=NCc1ccc(Br)s1)NCCC(F)(F)F. The van der Waals surface area contributed by atoms with E-state index < -0.39 is 12.6 Å². The lowest BCUT2D eigenvalue weighted by molar-refractivity contribution is -0.132. The standard InChI is InChI=1S/C11H15BrF3N3S/c1-2-16-10(17-6-5-11(13,14)15)18-7-8-3-4-9(12)19-8/h3-4H,2,5-7H2,1H3,(H2,16,17,18). The van der Waals surface area contributed by atoms with E-state index in [1.807, 2.05) is 19.1 Å². The molecule has 0 saturated heterocycles. The van der Waals surface area contributed by atoms with Crippen LogP contribution >= 0.6 is 27.3 Å². The number of guanidine groups is 1. The zero-order valence-corrected chi connectivity index (χ0v) is 12.8. The minimum Gasteiger partial charge on any atom is -0.357 e. The van der Waals surface area contributed by atoms with E-state index in [0.29, 0.717) is 19.0 Å². The molecular formula is C11H15BrF3N3S. The summed E-state index contributed by atoms with van der Waals surface area (Å²) in [6.45, 7) is 2.73. The van der Waals surface area contributed by atoms with Crippen LogP contribution in [-0.2, 0) is 6.54 Å². The summed E-state index contributed by atoms with van der Waals surface area (Å²) in [7, 11) is 0. The Balaban J connectivity index is 2.46. The molecule has 1 rings (SSSR count). The first-order valence-corrected chi connectivity index (χ1v) is 7.35. The van der Waals surface area contributed by atoms with Crippen molar-refractivity contribution in [1.29, 1.82) is 0 Å². The Morgan fingerprint density at radius 3 is 2.63 bits per heavy atom. The van der Waals surface area contributed by atoms with Crippen LogP contribution in [0, 0.1) is 0 Å². The summed E-state index contributed by atoms with van der Waals surface area (Å²) in [6, 6.07) is 3.84. The second-order valence-electron chi connectivity index (χ2n) is 3.69. The fourth-order valence-corrected chi connectivity index (χ4v) is 2.67. The second-order valence-corrected chi connectivity index (χ2v) is 6.24. The molecule has 0 unspecified atom stereocenters. The third-order valence-electron chi connectivity index (χ3n) is 2.07. The Hall–Kier alpha value is -0.760. The molecule has 1 aromatic heterocycles. The summed E-state index contributed by atoms with van der Waals surface area (Å²) in [5, 5.41) is 5.58. The molecule has 1 aromatic rings. The van der Waals surface area contributed by atoms with Crippen molar-refractivity contribution in [2.45, 2.75) is 26.1 Å². The van der Waals surface area contributed by atoms with Crippen LogP contribution in [0.3, 0.4) is 0 Å². The van der Waals surface area contributed by atoms with Gasteiger partial charge in [0, 0.05) is 18.0 Å². The zero-order chi connectivity index (χ0) is 14.3. The van der Waals surface area contributed by atoms with Gasteiger partial charge in [-0.1, -0.05) is 0 Å². The van der Waals surface area contributed by atoms with Crippen LogP contribution in [0.25, 0.3) is 0 Å². The highest BCUT2D eigenvalue weighted by Gasteiger charge is 2.26. The average Bonchev–Trinajstić information content (AvgIpc) is 2.70. The predicted octanol–water partition coefficient (Wildman–Crippen LogP) is 3.52. The van der Waals surface area contributed by atoms with Crippen LogP contribution in [0.1, 0.15) is 18.2 Å². The second kappa shape index (κ2) is 7.74. The van der Waals surface area contributed by atoms with Crippen molar-refractivity contribution in [3.8, 4) is 0 Å². The van der Waals surface area contributed by atoms with Gasteiger partial charge in [-0.15, -0.1) is 11.3 Å². The number of hydrogen-bond acceptors (Lipinski definition) is 2. The van der Waals surface area contributed by atoms with Crippen LogP contribution in [0.4, 0.5) is 13.2 Å². The maximum absolute atomic E-state index is 12.0. The van der Waals surface area contributed by atoms with Gasteiger partial charge in [0.1, 0.15) is 0 Å². The molecule has 0 aliphatic heterocycles. The molecule has 2 N–H and O–H groups in total. The number of nitrogens with zero attached hydrogens (tertiary/aromatic N) is 1. The van der Waals surface area contributed by atoms with Gasteiger partial charge in [0.05, 0.1) is 16.8 Å². The smallest absolute Gasteiger partial charge is 0.357 e. The Morgan fingerprint density at radius 2 is 2.11 bits per heavy atom. The van der Waals surface area contributed by atoms with E-state index in [1.165, 1.54) is 0 Å². The van der Waals surface area contributed by atoms with Crippen molar-refractivity contribution in [1.82, 2.24) is 10.6 Å². The molecule has 0 atom stereocenters. The van der Waals surface area contributed by atoms with Crippen molar-refractivity contribution in [2.24, 2.45) is 4.99 Å². The van der Waals surface area contributed by atoms with Crippen molar-refractivity contribution >= 4 is 33.2 Å². The van der Waals surface area contributed by atoms with Gasteiger partial charge in [-0.05, 0) is 35.0 Å². The Kier molecular flexibility index (Phi) is 6.64. The highest BCUT2D eigenvalue weighted by molar-refractivity contribution is 9.11. The minimum absolute atomic E-state index is 0.177. The first-order chi connectivity index (χ1) is 8.90. The van der Waals surface area contributed by atoms with E-state index in [4.69, 9.17) is 0 Å². The summed E-state index contributed by atoms with van der Waals surface area (Å²) in [6.07, 6.45) is -5.02. The molecule has 19 heavy (non-hydrogen) atoms. The fraction of sp³-hybridized carbons (Fsp3) is 0.545. The van der Waals surface area contributed by atoms with Gasteiger partial charge in [-0.2, -0.15) is 13.2 Å². The highest BCUT2D eigenvalue weighted by Crippen LogP contribution is 2.22. The molecule has 0 amide bonds. The van der Waals surface area contributed by atoms with Crippen LogP contribution in [0.5, 0.6) is 0 Å². The van der Waals surface area contributed by atoms with E-state index in [0.717, 1.165) is 8.66 Å². The Labute approximate surface area is 122 Å². The normalized spacial score (nSPS) is 12.6. The van der Waals surface area contributed by atoms with Gasteiger partial charge < -0.3 is 10.6 Å². The molecule has 0 saturated carbocycles. The first-order valence-electron chi connectivity index (χ1n) is 5.74. The Morgan fingerprint density at radius 1 is 1.37 bits per heavy atom. The summed E-state index contributed by atoms with van der Waals surface area (Å²) in [4.78, 5) is 5.27. The number of nitrogens with one attached hydrogen (secondary N) is 2. The maximum atomic E-state index is 12.0. The van der Waals surface area contributed by atoms with Gasteiger partial charge in [0.2, 0.25) is 0 Å². The minimum atomic E-state index is -4.15. The summed E-state index contributed by atoms with van der Waals surface area (Å²) < 4.78 is 37.1. The number of alkyl halides is 3. The molecule has 0 aromatic carbocycles. The van der Waals surface area contributed by atoms with E-state index >= 15 is 0 Å². The predicted molar refractivity (Wildman–Crippen MR) is 75.5 cm³/mol. The molecule has 0 aliphatic carbocycles. The quantitative estimate of drug-likeness (QED) is 0.624. The van der Waals surface area contributed by atoms with E-state index in [2.05, 4.69) is 31.6 Å². The monoisotopic (exact) mass is 357 g/mol. The van der Waals surface area contributed by atoms with Crippen LogP contribution in [0.15, 0.2) is 20.9 Å². The lowest BCUT2D eigenvalue weighted by atomic mass is 10.4. The summed E-state index contributed by atoms with van der Waals surface area (Å²) in [5.74, 6) is 0.399. The van der Waals surface area contributed by atoms with Crippen LogP contribution in [-0.4, -0.2) is 25.2 Å². The number of aliphatic imine (C=N–C) groups is 1. The molecule has 0 fully saturated rings. The summed E-state index contributed by atoms with van der Waals surface area (Å²) >= 11 is 4.90. The number of thiophene rings is 1. The molecule has 0 bridgehead atoms. The number of rotatable bonds is 5. The van der Waals surface area contributed by atoms with E-state index in [-0.39, 0.29) is 6.54 Å². The molecule has 0 radical (unpaired) electrons. The highest BCUT2D eigenvalue weighted by atomic mass is 79.9. The van der Waals surface area contributed by atoms with Gasteiger partial charge in [-0.25, -0.2) is 4.99 Å². The molecule has 1 heterocycles. The fourth-order valence-electron chi connectivity index (χ4n) is 1.26.